The lowest BCUT2D eigenvalue weighted by Crippen LogP contribution is -2.33. The number of nitrogens with one attached hydrogen (secondary N) is 1. The third kappa shape index (κ3) is 3.24. The second-order valence-corrected chi connectivity index (χ2v) is 3.06. The molecule has 0 heterocycles. The van der Waals surface area contributed by atoms with Crippen molar-refractivity contribution in [1.82, 2.24) is 5.32 Å². The maximum absolute atomic E-state index is 3.23. The second-order valence-electron chi connectivity index (χ2n) is 3.06. The zero-order valence-corrected chi connectivity index (χ0v) is 8.48. The molecule has 1 saturated carbocycles. The largest absolute Gasteiger partial charge is 0.319 e. The summed E-state index contributed by atoms with van der Waals surface area (Å²) in [7, 11) is 2.05. The van der Waals surface area contributed by atoms with Crippen LogP contribution in [0.5, 0.6) is 0 Å². The average Bonchev–Trinajstić information content (AvgIpc) is 2.03. The molecule has 11 heavy (non-hydrogen) atoms. The highest BCUT2D eigenvalue weighted by atomic mass is 14.8. The van der Waals surface area contributed by atoms with E-state index in [2.05, 4.69) is 12.2 Å². The first kappa shape index (κ1) is 11.0. The summed E-state index contributed by atoms with van der Waals surface area (Å²) in [6.07, 6.45) is 4.31. The first-order valence-electron chi connectivity index (χ1n) is 5.03. The highest BCUT2D eigenvalue weighted by Gasteiger charge is 2.27. The normalized spacial score (nSPS) is 28.4. The van der Waals surface area contributed by atoms with Crippen LogP contribution in [0.15, 0.2) is 0 Å². The molecule has 0 spiro atoms. The molecule has 1 N–H and O–H groups in total. The van der Waals surface area contributed by atoms with Crippen LogP contribution in [0.3, 0.4) is 0 Å². The minimum Gasteiger partial charge on any atom is -0.319 e. The molecular formula is C10H23N. The molecule has 1 fully saturated rings. The fourth-order valence-corrected chi connectivity index (χ4v) is 1.71. The molecule has 2 atom stereocenters. The van der Waals surface area contributed by atoms with Gasteiger partial charge >= 0.3 is 0 Å². The predicted molar refractivity (Wildman–Crippen MR) is 51.8 cm³/mol. The fraction of sp³-hybridized carbons (Fsp3) is 1.00. The van der Waals surface area contributed by atoms with Gasteiger partial charge in [0.25, 0.3) is 0 Å². The molecule has 0 radical (unpaired) electrons. The lowest BCUT2D eigenvalue weighted by Gasteiger charge is -2.35. The summed E-state index contributed by atoms with van der Waals surface area (Å²) in [6, 6.07) is 0. The van der Waals surface area contributed by atoms with Gasteiger partial charge in [-0.05, 0) is 38.3 Å². The summed E-state index contributed by atoms with van der Waals surface area (Å²) in [5.41, 5.74) is 0. The van der Waals surface area contributed by atoms with E-state index in [1.807, 2.05) is 20.9 Å². The van der Waals surface area contributed by atoms with Gasteiger partial charge in [-0.15, -0.1) is 0 Å². The van der Waals surface area contributed by atoms with E-state index in [0.29, 0.717) is 0 Å². The van der Waals surface area contributed by atoms with Gasteiger partial charge in [-0.3, -0.25) is 0 Å². The molecule has 1 heteroatoms. The SMILES string of the molecule is CC.CCC1CCC1CNC. The fourth-order valence-electron chi connectivity index (χ4n) is 1.71. The molecule has 0 aromatic rings. The highest BCUT2D eigenvalue weighted by Crippen LogP contribution is 2.35. The van der Waals surface area contributed by atoms with Crippen molar-refractivity contribution in [2.45, 2.75) is 40.0 Å². The Hall–Kier alpha value is -0.0400. The van der Waals surface area contributed by atoms with E-state index in [-0.39, 0.29) is 0 Å². The van der Waals surface area contributed by atoms with Gasteiger partial charge in [-0.2, -0.15) is 0 Å². The van der Waals surface area contributed by atoms with Crippen LogP contribution in [0, 0.1) is 11.8 Å². The van der Waals surface area contributed by atoms with Gasteiger partial charge in [-0.1, -0.05) is 27.2 Å². The minimum absolute atomic E-state index is 1.000. The first-order chi connectivity index (χ1) is 5.38. The van der Waals surface area contributed by atoms with Crippen LogP contribution in [0.4, 0.5) is 0 Å². The van der Waals surface area contributed by atoms with Gasteiger partial charge in [0, 0.05) is 0 Å². The smallest absolute Gasteiger partial charge is 0.00209 e. The van der Waals surface area contributed by atoms with E-state index in [1.54, 1.807) is 0 Å². The van der Waals surface area contributed by atoms with Crippen LogP contribution in [0.25, 0.3) is 0 Å². The van der Waals surface area contributed by atoms with Crippen molar-refractivity contribution in [3.63, 3.8) is 0 Å². The average molecular weight is 157 g/mol. The maximum Gasteiger partial charge on any atom is -0.00209 e. The Morgan fingerprint density at radius 3 is 2.00 bits per heavy atom. The summed E-state index contributed by atoms with van der Waals surface area (Å²) in [5, 5.41) is 3.23. The molecule has 1 aliphatic rings. The quantitative estimate of drug-likeness (QED) is 0.664. The monoisotopic (exact) mass is 157 g/mol. The second kappa shape index (κ2) is 6.66. The molecule has 2 unspecified atom stereocenters. The van der Waals surface area contributed by atoms with Gasteiger partial charge in [-0.25, -0.2) is 0 Å². The molecule has 0 aliphatic heterocycles. The van der Waals surface area contributed by atoms with Gasteiger partial charge in [0.15, 0.2) is 0 Å². The molecule has 1 nitrogen and oxygen atoms in total. The van der Waals surface area contributed by atoms with E-state index in [4.69, 9.17) is 0 Å². The zero-order valence-electron chi connectivity index (χ0n) is 8.48. The van der Waals surface area contributed by atoms with E-state index < -0.39 is 0 Å². The molecule has 0 aromatic carbocycles. The van der Waals surface area contributed by atoms with Crippen molar-refractivity contribution in [1.29, 1.82) is 0 Å². The molecule has 1 aliphatic carbocycles. The minimum atomic E-state index is 1.000. The number of hydrogen-bond donors (Lipinski definition) is 1. The van der Waals surface area contributed by atoms with Crippen molar-refractivity contribution in [3.05, 3.63) is 0 Å². The van der Waals surface area contributed by atoms with Gasteiger partial charge in [0.2, 0.25) is 0 Å². The Labute approximate surface area is 71.6 Å². The van der Waals surface area contributed by atoms with Gasteiger partial charge in [0.1, 0.15) is 0 Å². The van der Waals surface area contributed by atoms with Gasteiger partial charge < -0.3 is 5.32 Å². The summed E-state index contributed by atoms with van der Waals surface area (Å²) in [5.74, 6) is 2.04. The molecule has 0 saturated heterocycles. The summed E-state index contributed by atoms with van der Waals surface area (Å²) >= 11 is 0. The zero-order chi connectivity index (χ0) is 8.69. The van der Waals surface area contributed by atoms with Gasteiger partial charge in [0.05, 0.1) is 0 Å². The van der Waals surface area contributed by atoms with Crippen molar-refractivity contribution < 1.29 is 0 Å². The third-order valence-corrected chi connectivity index (χ3v) is 2.57. The molecule has 0 bridgehead atoms. The van der Waals surface area contributed by atoms with E-state index in [1.165, 1.54) is 25.8 Å². The molecule has 1 rings (SSSR count). The van der Waals surface area contributed by atoms with Crippen molar-refractivity contribution in [2.24, 2.45) is 11.8 Å². The lowest BCUT2D eigenvalue weighted by molar-refractivity contribution is 0.169. The van der Waals surface area contributed by atoms with Crippen LogP contribution < -0.4 is 5.32 Å². The summed E-state index contributed by atoms with van der Waals surface area (Å²) < 4.78 is 0. The third-order valence-electron chi connectivity index (χ3n) is 2.57. The van der Waals surface area contributed by atoms with Crippen molar-refractivity contribution in [2.75, 3.05) is 13.6 Å². The molecule has 0 aromatic heterocycles. The lowest BCUT2D eigenvalue weighted by atomic mass is 9.72. The summed E-state index contributed by atoms with van der Waals surface area (Å²) in [4.78, 5) is 0. The standard InChI is InChI=1S/C8H17N.C2H6/c1-3-7-4-5-8(7)6-9-2;1-2/h7-9H,3-6H2,1-2H3;1-2H3. The topological polar surface area (TPSA) is 12.0 Å². The Kier molecular flexibility index (Phi) is 6.63. The van der Waals surface area contributed by atoms with Crippen LogP contribution >= 0.6 is 0 Å². The highest BCUT2D eigenvalue weighted by molar-refractivity contribution is 4.80. The van der Waals surface area contributed by atoms with Crippen LogP contribution in [-0.2, 0) is 0 Å². The van der Waals surface area contributed by atoms with E-state index in [9.17, 15) is 0 Å². The number of hydrogen-bond acceptors (Lipinski definition) is 1. The number of rotatable bonds is 3. The van der Waals surface area contributed by atoms with Crippen LogP contribution in [-0.4, -0.2) is 13.6 Å². The van der Waals surface area contributed by atoms with Crippen molar-refractivity contribution in [3.8, 4) is 0 Å². The maximum atomic E-state index is 3.23. The predicted octanol–water partition coefficient (Wildman–Crippen LogP) is 2.67. The first-order valence-corrected chi connectivity index (χ1v) is 5.03. The molecule has 68 valence electrons. The van der Waals surface area contributed by atoms with Crippen LogP contribution in [0.2, 0.25) is 0 Å². The Balaban J connectivity index is 0.000000461. The Bertz CT molecular complexity index is 78.9. The van der Waals surface area contributed by atoms with Crippen LogP contribution in [0.1, 0.15) is 40.0 Å². The Morgan fingerprint density at radius 1 is 1.18 bits per heavy atom. The molecular weight excluding hydrogens is 134 g/mol. The van der Waals surface area contributed by atoms with E-state index >= 15 is 0 Å². The Morgan fingerprint density at radius 2 is 1.73 bits per heavy atom. The summed E-state index contributed by atoms with van der Waals surface area (Å²) in [6.45, 7) is 7.53. The van der Waals surface area contributed by atoms with E-state index in [0.717, 1.165) is 11.8 Å². The molecule has 0 amide bonds. The van der Waals surface area contributed by atoms with Crippen molar-refractivity contribution >= 4 is 0 Å².